The highest BCUT2D eigenvalue weighted by Crippen LogP contribution is 2.23. The normalized spacial score (nSPS) is 15.1. The van der Waals surface area contributed by atoms with E-state index in [0.717, 1.165) is 18.2 Å². The molecule has 1 saturated heterocycles. The smallest absolute Gasteiger partial charge is 0.309 e. The monoisotopic (exact) mass is 371 g/mol. The van der Waals surface area contributed by atoms with E-state index in [1.165, 1.54) is 0 Å². The molecule has 3 amide bonds. The third kappa shape index (κ3) is 4.67. The van der Waals surface area contributed by atoms with Gasteiger partial charge in [-0.3, -0.25) is 14.4 Å². The number of furan rings is 1. The summed E-state index contributed by atoms with van der Waals surface area (Å²) in [6, 6.07) is 9.25. The van der Waals surface area contributed by atoms with Gasteiger partial charge in [-0.25, -0.2) is 0 Å². The standard InChI is InChI=1S/C20H25N3O4/c1-13(2)22-19(25)18(24)21-12-14-7-9-23(10-8-14)20(26)17-11-15-5-3-4-6-16(15)27-17/h3-6,11,13-14H,7-10,12H2,1-2H3,(H,21,24)(H,22,25). The highest BCUT2D eigenvalue weighted by molar-refractivity contribution is 6.35. The number of nitrogens with zero attached hydrogens (tertiary/aromatic N) is 1. The Labute approximate surface area is 158 Å². The summed E-state index contributed by atoms with van der Waals surface area (Å²) in [5.74, 6) is -0.717. The van der Waals surface area contributed by atoms with Crippen LogP contribution in [0, 0.1) is 5.92 Å². The Balaban J connectivity index is 1.47. The Morgan fingerprint density at radius 2 is 1.85 bits per heavy atom. The number of para-hydroxylation sites is 1. The molecule has 7 heteroatoms. The van der Waals surface area contributed by atoms with E-state index in [1.807, 2.05) is 24.3 Å². The largest absolute Gasteiger partial charge is 0.451 e. The number of benzene rings is 1. The Kier molecular flexibility index (Phi) is 5.78. The van der Waals surface area contributed by atoms with E-state index in [-0.39, 0.29) is 17.9 Å². The molecule has 144 valence electrons. The van der Waals surface area contributed by atoms with Crippen LogP contribution in [0.3, 0.4) is 0 Å². The van der Waals surface area contributed by atoms with Gasteiger partial charge < -0.3 is 20.0 Å². The molecular formula is C20H25N3O4. The van der Waals surface area contributed by atoms with Crippen LogP contribution >= 0.6 is 0 Å². The highest BCUT2D eigenvalue weighted by Gasteiger charge is 2.26. The molecule has 1 aromatic heterocycles. The molecule has 1 fully saturated rings. The maximum Gasteiger partial charge on any atom is 0.309 e. The lowest BCUT2D eigenvalue weighted by molar-refractivity contribution is -0.139. The Morgan fingerprint density at radius 3 is 2.52 bits per heavy atom. The number of fused-ring (bicyclic) bond motifs is 1. The molecule has 3 rings (SSSR count). The predicted molar refractivity (Wildman–Crippen MR) is 101 cm³/mol. The molecule has 0 unspecified atom stereocenters. The minimum atomic E-state index is -0.609. The fourth-order valence-corrected chi connectivity index (χ4v) is 3.23. The van der Waals surface area contributed by atoms with Gasteiger partial charge in [-0.1, -0.05) is 18.2 Å². The maximum atomic E-state index is 12.6. The van der Waals surface area contributed by atoms with Crippen molar-refractivity contribution in [3.63, 3.8) is 0 Å². The van der Waals surface area contributed by atoms with Gasteiger partial charge in [0.2, 0.25) is 0 Å². The number of carbonyl (C=O) groups excluding carboxylic acids is 3. The molecule has 0 radical (unpaired) electrons. The molecule has 0 saturated carbocycles. The second-order valence-electron chi connectivity index (χ2n) is 7.22. The molecule has 0 atom stereocenters. The van der Waals surface area contributed by atoms with Crippen molar-refractivity contribution in [1.29, 1.82) is 0 Å². The number of carbonyl (C=O) groups is 3. The van der Waals surface area contributed by atoms with Gasteiger partial charge in [0.1, 0.15) is 5.58 Å². The zero-order chi connectivity index (χ0) is 19.4. The van der Waals surface area contributed by atoms with E-state index in [1.54, 1.807) is 24.8 Å². The Bertz CT molecular complexity index is 802. The van der Waals surface area contributed by atoms with Gasteiger partial charge >= 0.3 is 11.8 Å². The number of hydrogen-bond acceptors (Lipinski definition) is 4. The van der Waals surface area contributed by atoms with E-state index < -0.39 is 11.8 Å². The van der Waals surface area contributed by atoms with Crippen LogP contribution in [0.2, 0.25) is 0 Å². The van der Waals surface area contributed by atoms with Crippen LogP contribution in [0.4, 0.5) is 0 Å². The number of nitrogens with one attached hydrogen (secondary N) is 2. The van der Waals surface area contributed by atoms with Gasteiger partial charge in [0, 0.05) is 31.1 Å². The summed E-state index contributed by atoms with van der Waals surface area (Å²) < 4.78 is 5.65. The number of piperidine rings is 1. The van der Waals surface area contributed by atoms with Crippen molar-refractivity contribution < 1.29 is 18.8 Å². The molecule has 0 aliphatic carbocycles. The van der Waals surface area contributed by atoms with Gasteiger partial charge in [0.15, 0.2) is 5.76 Å². The zero-order valence-corrected chi connectivity index (χ0v) is 15.7. The minimum Gasteiger partial charge on any atom is -0.451 e. The third-order valence-corrected chi connectivity index (χ3v) is 4.72. The SMILES string of the molecule is CC(C)NC(=O)C(=O)NCC1CCN(C(=O)c2cc3ccccc3o2)CC1. The van der Waals surface area contributed by atoms with Gasteiger partial charge in [-0.05, 0) is 44.7 Å². The van der Waals surface area contributed by atoms with Crippen molar-refractivity contribution in [2.24, 2.45) is 5.92 Å². The molecule has 0 spiro atoms. The summed E-state index contributed by atoms with van der Waals surface area (Å²) in [5.41, 5.74) is 0.707. The molecular weight excluding hydrogens is 346 g/mol. The van der Waals surface area contributed by atoms with E-state index in [2.05, 4.69) is 10.6 Å². The summed E-state index contributed by atoms with van der Waals surface area (Å²) in [4.78, 5) is 37.8. The summed E-state index contributed by atoms with van der Waals surface area (Å²) in [5, 5.41) is 6.16. The number of likely N-dealkylation sites (tertiary alicyclic amines) is 1. The van der Waals surface area contributed by atoms with Gasteiger partial charge in [0.25, 0.3) is 5.91 Å². The molecule has 2 N–H and O–H groups in total. The average molecular weight is 371 g/mol. The lowest BCUT2D eigenvalue weighted by Crippen LogP contribution is -2.46. The first-order valence-corrected chi connectivity index (χ1v) is 9.30. The molecule has 1 aromatic carbocycles. The van der Waals surface area contributed by atoms with Gasteiger partial charge in [-0.15, -0.1) is 0 Å². The van der Waals surface area contributed by atoms with E-state index in [9.17, 15) is 14.4 Å². The molecule has 0 bridgehead atoms. The van der Waals surface area contributed by atoms with Crippen molar-refractivity contribution in [3.05, 3.63) is 36.1 Å². The van der Waals surface area contributed by atoms with Crippen LogP contribution in [0.25, 0.3) is 11.0 Å². The van der Waals surface area contributed by atoms with E-state index >= 15 is 0 Å². The van der Waals surface area contributed by atoms with Crippen LogP contribution in [-0.4, -0.2) is 48.3 Å². The lowest BCUT2D eigenvalue weighted by Gasteiger charge is -2.31. The first-order valence-electron chi connectivity index (χ1n) is 9.30. The van der Waals surface area contributed by atoms with Crippen molar-refractivity contribution in [3.8, 4) is 0 Å². The van der Waals surface area contributed by atoms with Crippen LogP contribution in [0.1, 0.15) is 37.2 Å². The van der Waals surface area contributed by atoms with Crippen molar-refractivity contribution >= 4 is 28.7 Å². The summed E-state index contributed by atoms with van der Waals surface area (Å²) in [6.45, 7) is 5.26. The van der Waals surface area contributed by atoms with E-state index in [0.29, 0.717) is 31.0 Å². The molecule has 27 heavy (non-hydrogen) atoms. The molecule has 7 nitrogen and oxygen atoms in total. The second-order valence-corrected chi connectivity index (χ2v) is 7.22. The van der Waals surface area contributed by atoms with Crippen molar-refractivity contribution in [1.82, 2.24) is 15.5 Å². The average Bonchev–Trinajstić information content (AvgIpc) is 3.09. The van der Waals surface area contributed by atoms with Gasteiger partial charge in [0.05, 0.1) is 0 Å². The molecule has 2 aromatic rings. The molecule has 1 aliphatic heterocycles. The van der Waals surface area contributed by atoms with Crippen LogP contribution < -0.4 is 10.6 Å². The number of hydrogen-bond donors (Lipinski definition) is 2. The predicted octanol–water partition coefficient (Wildman–Crippen LogP) is 1.93. The summed E-state index contributed by atoms with van der Waals surface area (Å²) >= 11 is 0. The van der Waals surface area contributed by atoms with Crippen molar-refractivity contribution in [2.45, 2.75) is 32.7 Å². The highest BCUT2D eigenvalue weighted by atomic mass is 16.3. The number of rotatable bonds is 4. The lowest BCUT2D eigenvalue weighted by atomic mass is 9.96. The first-order chi connectivity index (χ1) is 12.9. The Morgan fingerprint density at radius 1 is 1.15 bits per heavy atom. The second kappa shape index (κ2) is 8.24. The fourth-order valence-electron chi connectivity index (χ4n) is 3.23. The van der Waals surface area contributed by atoms with Crippen LogP contribution in [-0.2, 0) is 9.59 Å². The van der Waals surface area contributed by atoms with Crippen LogP contribution in [0.5, 0.6) is 0 Å². The minimum absolute atomic E-state index is 0.0734. The maximum absolute atomic E-state index is 12.6. The van der Waals surface area contributed by atoms with Gasteiger partial charge in [-0.2, -0.15) is 0 Å². The number of amides is 3. The molecule has 1 aliphatic rings. The fraction of sp³-hybridized carbons (Fsp3) is 0.450. The summed E-state index contributed by atoms with van der Waals surface area (Å²) in [6.07, 6.45) is 1.55. The topological polar surface area (TPSA) is 91.7 Å². The summed E-state index contributed by atoms with van der Waals surface area (Å²) in [7, 11) is 0. The molecule has 2 heterocycles. The van der Waals surface area contributed by atoms with Crippen LogP contribution in [0.15, 0.2) is 34.7 Å². The third-order valence-electron chi connectivity index (χ3n) is 4.72. The Hall–Kier alpha value is -2.83. The quantitative estimate of drug-likeness (QED) is 0.804. The first kappa shape index (κ1) is 18.9. The zero-order valence-electron chi connectivity index (χ0n) is 15.7. The van der Waals surface area contributed by atoms with E-state index in [4.69, 9.17) is 4.42 Å². The van der Waals surface area contributed by atoms with Crippen molar-refractivity contribution in [2.75, 3.05) is 19.6 Å².